The quantitative estimate of drug-likeness (QED) is 0.297. The minimum absolute atomic E-state index is 0.0622. The molecule has 0 fully saturated rings. The number of benzene rings is 4. The van der Waals surface area contributed by atoms with Gasteiger partial charge in [0.1, 0.15) is 23.0 Å². The van der Waals surface area contributed by atoms with Gasteiger partial charge in [-0.3, -0.25) is 4.72 Å². The van der Waals surface area contributed by atoms with E-state index < -0.39 is 19.9 Å². The molecule has 8 nitrogen and oxygen atoms in total. The lowest BCUT2D eigenvalue weighted by Gasteiger charge is -2.11. The Bertz CT molecular complexity index is 1530. The van der Waals surface area contributed by atoms with Crippen molar-refractivity contribution in [1.29, 1.82) is 0 Å². The molecule has 186 valence electrons. The largest absolute Gasteiger partial charge is 0.457 e. The summed E-state index contributed by atoms with van der Waals surface area (Å²) in [7, 11) is -5.29. The first-order valence-electron chi connectivity index (χ1n) is 10.8. The number of sulfonamides is 1. The third kappa shape index (κ3) is 6.35. The number of hydrogen-bond acceptors (Lipinski definition) is 7. The topological polar surface area (TPSA) is 111 Å². The monoisotopic (exact) mass is 524 g/mol. The Kier molecular flexibility index (Phi) is 7.18. The van der Waals surface area contributed by atoms with Gasteiger partial charge in [-0.1, -0.05) is 0 Å². The predicted molar refractivity (Wildman–Crippen MR) is 139 cm³/mol. The minimum atomic E-state index is -3.82. The van der Waals surface area contributed by atoms with Crippen LogP contribution in [0.15, 0.2) is 107 Å². The number of hydrogen-bond donors (Lipinski definition) is 2. The van der Waals surface area contributed by atoms with Crippen LogP contribution in [0.3, 0.4) is 0 Å². The first-order valence-corrected chi connectivity index (χ1v) is 14.2. The highest BCUT2D eigenvalue weighted by Gasteiger charge is 2.15. The Morgan fingerprint density at radius 1 is 0.528 bits per heavy atom. The van der Waals surface area contributed by atoms with E-state index in [0.717, 1.165) is 11.9 Å². The molecule has 0 aliphatic rings. The summed E-state index contributed by atoms with van der Waals surface area (Å²) in [5, 5.41) is 3.03. The van der Waals surface area contributed by atoms with Crippen molar-refractivity contribution in [1.82, 2.24) is 0 Å². The summed E-state index contributed by atoms with van der Waals surface area (Å²) in [6.45, 7) is 0. The van der Waals surface area contributed by atoms with Crippen molar-refractivity contribution >= 4 is 31.2 Å². The summed E-state index contributed by atoms with van der Waals surface area (Å²) in [6, 6.07) is 25.9. The fraction of sp³-hybridized carbons (Fsp3) is 0.0769. The molecule has 0 aliphatic heterocycles. The van der Waals surface area contributed by atoms with Crippen LogP contribution in [0.25, 0.3) is 0 Å². The number of anilines is 2. The van der Waals surface area contributed by atoms with Gasteiger partial charge in [-0.25, -0.2) is 16.8 Å². The standard InChI is InChI=1S/C26H24N2O6S2/c1-27-19-3-7-21(8-4-19)33-22-9-5-20(6-10-22)28-36(31,32)26-17-13-24(14-18-26)34-23-11-15-25(16-12-23)35(2,29)30/h3-18,27-28H,1-2H3. The minimum Gasteiger partial charge on any atom is -0.457 e. The molecule has 0 radical (unpaired) electrons. The first-order chi connectivity index (χ1) is 17.1. The van der Waals surface area contributed by atoms with Crippen LogP contribution in [0.2, 0.25) is 0 Å². The van der Waals surface area contributed by atoms with E-state index in [1.54, 1.807) is 24.3 Å². The fourth-order valence-corrected chi connectivity index (χ4v) is 4.90. The molecule has 4 rings (SSSR count). The molecule has 10 heteroatoms. The molecule has 36 heavy (non-hydrogen) atoms. The van der Waals surface area contributed by atoms with Crippen molar-refractivity contribution < 1.29 is 26.3 Å². The SMILES string of the molecule is CNc1ccc(Oc2ccc(NS(=O)(=O)c3ccc(Oc4ccc(S(C)(=O)=O)cc4)cc3)cc2)cc1. The second kappa shape index (κ2) is 10.3. The van der Waals surface area contributed by atoms with Gasteiger partial charge in [0.2, 0.25) is 0 Å². The molecule has 4 aromatic carbocycles. The average molecular weight is 525 g/mol. The van der Waals surface area contributed by atoms with Crippen LogP contribution in [-0.4, -0.2) is 30.1 Å². The highest BCUT2D eigenvalue weighted by atomic mass is 32.2. The van der Waals surface area contributed by atoms with E-state index >= 15 is 0 Å². The molecule has 0 saturated carbocycles. The molecule has 0 aliphatic carbocycles. The van der Waals surface area contributed by atoms with Gasteiger partial charge in [-0.05, 0) is 97.1 Å². The Hall–Kier alpha value is -4.02. The van der Waals surface area contributed by atoms with E-state index in [2.05, 4.69) is 10.0 Å². The molecule has 0 bridgehead atoms. The molecule has 0 unspecified atom stereocenters. The van der Waals surface area contributed by atoms with Gasteiger partial charge in [0.15, 0.2) is 9.84 Å². The number of sulfone groups is 1. The zero-order valence-electron chi connectivity index (χ0n) is 19.5. The number of nitrogens with one attached hydrogen (secondary N) is 2. The number of ether oxygens (including phenoxy) is 2. The molecule has 0 amide bonds. The molecule has 0 heterocycles. The zero-order chi connectivity index (χ0) is 25.8. The fourth-order valence-electron chi connectivity index (χ4n) is 3.21. The lowest BCUT2D eigenvalue weighted by Crippen LogP contribution is -2.12. The predicted octanol–water partition coefficient (Wildman–Crippen LogP) is 5.52. The Morgan fingerprint density at radius 2 is 0.889 bits per heavy atom. The highest BCUT2D eigenvalue weighted by molar-refractivity contribution is 7.92. The van der Waals surface area contributed by atoms with Crippen LogP contribution >= 0.6 is 0 Å². The third-order valence-electron chi connectivity index (χ3n) is 5.11. The van der Waals surface area contributed by atoms with Crippen molar-refractivity contribution in [3.05, 3.63) is 97.1 Å². The van der Waals surface area contributed by atoms with E-state index in [0.29, 0.717) is 28.7 Å². The lowest BCUT2D eigenvalue weighted by atomic mass is 10.3. The average Bonchev–Trinajstić information content (AvgIpc) is 2.86. The summed E-state index contributed by atoms with van der Waals surface area (Å²) >= 11 is 0. The van der Waals surface area contributed by atoms with E-state index in [1.807, 2.05) is 31.3 Å². The summed E-state index contributed by atoms with van der Waals surface area (Å²) in [6.07, 6.45) is 1.13. The maximum atomic E-state index is 12.8. The lowest BCUT2D eigenvalue weighted by molar-refractivity contribution is 0.481. The normalized spacial score (nSPS) is 11.5. The third-order valence-corrected chi connectivity index (χ3v) is 7.63. The van der Waals surface area contributed by atoms with Crippen molar-refractivity contribution in [2.45, 2.75) is 9.79 Å². The van der Waals surface area contributed by atoms with Gasteiger partial charge in [0, 0.05) is 24.7 Å². The summed E-state index contributed by atoms with van der Waals surface area (Å²) < 4.78 is 62.7. The van der Waals surface area contributed by atoms with Crippen molar-refractivity contribution in [3.8, 4) is 23.0 Å². The van der Waals surface area contributed by atoms with Crippen LogP contribution in [0.1, 0.15) is 0 Å². The zero-order valence-corrected chi connectivity index (χ0v) is 21.1. The molecule has 0 spiro atoms. The smallest absolute Gasteiger partial charge is 0.261 e. The van der Waals surface area contributed by atoms with Gasteiger partial charge in [-0.2, -0.15) is 0 Å². The number of rotatable bonds is 9. The van der Waals surface area contributed by atoms with Gasteiger partial charge >= 0.3 is 0 Å². The Morgan fingerprint density at radius 3 is 1.28 bits per heavy atom. The summed E-state index contributed by atoms with van der Waals surface area (Å²) in [5.41, 5.74) is 1.36. The van der Waals surface area contributed by atoms with Gasteiger partial charge in [0.25, 0.3) is 10.0 Å². The maximum absolute atomic E-state index is 12.8. The summed E-state index contributed by atoms with van der Waals surface area (Å²) in [5.74, 6) is 2.07. The first kappa shape index (κ1) is 25.1. The van der Waals surface area contributed by atoms with Crippen LogP contribution in [0.4, 0.5) is 11.4 Å². The van der Waals surface area contributed by atoms with Gasteiger partial charge < -0.3 is 14.8 Å². The molecular weight excluding hydrogens is 500 g/mol. The molecule has 0 atom stereocenters. The Labute approximate surface area is 210 Å². The molecule has 2 N–H and O–H groups in total. The van der Waals surface area contributed by atoms with Crippen LogP contribution < -0.4 is 19.5 Å². The van der Waals surface area contributed by atoms with E-state index in [9.17, 15) is 16.8 Å². The van der Waals surface area contributed by atoms with E-state index in [1.165, 1.54) is 48.5 Å². The summed E-state index contributed by atoms with van der Waals surface area (Å²) in [4.78, 5) is 0.248. The van der Waals surface area contributed by atoms with Gasteiger partial charge in [-0.15, -0.1) is 0 Å². The van der Waals surface area contributed by atoms with Crippen LogP contribution in [0, 0.1) is 0 Å². The molecule has 0 aromatic heterocycles. The second-order valence-electron chi connectivity index (χ2n) is 7.82. The van der Waals surface area contributed by atoms with E-state index in [-0.39, 0.29) is 9.79 Å². The van der Waals surface area contributed by atoms with Gasteiger partial charge in [0.05, 0.1) is 9.79 Å². The molecule has 4 aromatic rings. The second-order valence-corrected chi connectivity index (χ2v) is 11.5. The maximum Gasteiger partial charge on any atom is 0.261 e. The molecular formula is C26H24N2O6S2. The van der Waals surface area contributed by atoms with E-state index in [4.69, 9.17) is 9.47 Å². The van der Waals surface area contributed by atoms with Crippen molar-refractivity contribution in [2.75, 3.05) is 23.3 Å². The Balaban J connectivity index is 1.39. The van der Waals surface area contributed by atoms with Crippen molar-refractivity contribution in [2.24, 2.45) is 0 Å². The van der Waals surface area contributed by atoms with Crippen LogP contribution in [-0.2, 0) is 19.9 Å². The van der Waals surface area contributed by atoms with Crippen LogP contribution in [0.5, 0.6) is 23.0 Å². The van der Waals surface area contributed by atoms with Crippen molar-refractivity contribution in [3.63, 3.8) is 0 Å². The molecule has 0 saturated heterocycles. The highest BCUT2D eigenvalue weighted by Crippen LogP contribution is 2.27.